The van der Waals surface area contributed by atoms with E-state index < -0.39 is 6.10 Å². The van der Waals surface area contributed by atoms with Gasteiger partial charge in [0.25, 0.3) is 5.69 Å². The summed E-state index contributed by atoms with van der Waals surface area (Å²) in [4.78, 5) is 24.8. The van der Waals surface area contributed by atoms with Crippen LogP contribution in [-0.4, -0.2) is 61.4 Å². The molecule has 2 aromatic carbocycles. The molecule has 3 rings (SSSR count). The predicted molar refractivity (Wildman–Crippen MR) is 130 cm³/mol. The number of rotatable bonds is 12. The molecule has 1 atom stereocenters. The highest BCUT2D eigenvalue weighted by molar-refractivity contribution is 5.75. The fourth-order valence-electron chi connectivity index (χ4n) is 3.85. The van der Waals surface area contributed by atoms with E-state index in [0.717, 1.165) is 42.9 Å². The molecule has 0 bridgehead atoms. The molecular formula is C26H32N2O6. The van der Waals surface area contributed by atoms with Gasteiger partial charge in [-0.15, -0.1) is 0 Å². The van der Waals surface area contributed by atoms with Crippen molar-refractivity contribution in [2.45, 2.75) is 32.8 Å². The van der Waals surface area contributed by atoms with Gasteiger partial charge in [0.1, 0.15) is 12.4 Å². The van der Waals surface area contributed by atoms with Gasteiger partial charge in [0.15, 0.2) is 6.10 Å². The summed E-state index contributed by atoms with van der Waals surface area (Å²) in [5.41, 5.74) is 3.35. The molecule has 1 aliphatic rings. The zero-order chi connectivity index (χ0) is 24.3. The van der Waals surface area contributed by atoms with Crippen LogP contribution in [0, 0.1) is 10.1 Å². The van der Waals surface area contributed by atoms with Crippen LogP contribution in [0.5, 0.6) is 5.75 Å². The number of nitro benzene ring substituents is 1. The second kappa shape index (κ2) is 12.9. The Bertz CT molecular complexity index is 972. The first-order chi connectivity index (χ1) is 16.5. The van der Waals surface area contributed by atoms with Crippen LogP contribution in [0.1, 0.15) is 31.4 Å². The van der Waals surface area contributed by atoms with E-state index in [4.69, 9.17) is 14.2 Å². The molecular weight excluding hydrogens is 436 g/mol. The van der Waals surface area contributed by atoms with Gasteiger partial charge in [0, 0.05) is 44.8 Å². The lowest BCUT2D eigenvalue weighted by atomic mass is 9.99. The van der Waals surface area contributed by atoms with Crippen LogP contribution in [0.15, 0.2) is 54.6 Å². The average Bonchev–Trinajstić information content (AvgIpc) is 2.85. The second-order valence-electron chi connectivity index (χ2n) is 7.98. The molecule has 0 radical (unpaired) electrons. The van der Waals surface area contributed by atoms with E-state index in [-0.39, 0.29) is 16.6 Å². The van der Waals surface area contributed by atoms with Crippen molar-refractivity contribution in [3.8, 4) is 5.75 Å². The Morgan fingerprint density at radius 2 is 1.82 bits per heavy atom. The molecule has 8 nitrogen and oxygen atoms in total. The van der Waals surface area contributed by atoms with E-state index in [9.17, 15) is 14.9 Å². The largest absolute Gasteiger partial charge is 0.492 e. The number of hydrogen-bond donors (Lipinski definition) is 0. The predicted octanol–water partition coefficient (Wildman–Crippen LogP) is 4.27. The maximum atomic E-state index is 12.0. The first-order valence-electron chi connectivity index (χ1n) is 11.7. The quantitative estimate of drug-likeness (QED) is 0.261. The number of nitrogens with zero attached hydrogens (tertiary/aromatic N) is 2. The summed E-state index contributed by atoms with van der Waals surface area (Å²) in [5.74, 6) is 0.448. The minimum Gasteiger partial charge on any atom is -0.492 e. The minimum atomic E-state index is -0.597. The lowest BCUT2D eigenvalue weighted by Gasteiger charge is -2.26. The van der Waals surface area contributed by atoms with Gasteiger partial charge < -0.3 is 14.2 Å². The van der Waals surface area contributed by atoms with Crippen LogP contribution in [0.4, 0.5) is 5.69 Å². The number of hydrogen-bond acceptors (Lipinski definition) is 7. The Morgan fingerprint density at radius 1 is 1.09 bits per heavy atom. The van der Waals surface area contributed by atoms with Gasteiger partial charge in [-0.3, -0.25) is 15.0 Å². The van der Waals surface area contributed by atoms with Crippen molar-refractivity contribution < 1.29 is 23.9 Å². The zero-order valence-electron chi connectivity index (χ0n) is 19.8. The lowest BCUT2D eigenvalue weighted by molar-refractivity contribution is -0.384. The molecule has 8 heteroatoms. The van der Waals surface area contributed by atoms with E-state index in [1.807, 2.05) is 43.3 Å². The first-order valence-corrected chi connectivity index (χ1v) is 11.7. The Morgan fingerprint density at radius 3 is 2.41 bits per heavy atom. The summed E-state index contributed by atoms with van der Waals surface area (Å²) in [5, 5.41) is 10.8. The van der Waals surface area contributed by atoms with Crippen LogP contribution < -0.4 is 4.74 Å². The van der Waals surface area contributed by atoms with Gasteiger partial charge in [-0.1, -0.05) is 18.2 Å². The molecule has 0 aromatic heterocycles. The SMILES string of the molecule is CCOC(=O)C(Cc1ccc(OCCN2CC=C(c3ccc([N+](=O)[O-])cc3)CC2)cc1)OCC. The highest BCUT2D eigenvalue weighted by atomic mass is 16.6. The third-order valence-electron chi connectivity index (χ3n) is 5.68. The van der Waals surface area contributed by atoms with Crippen molar-refractivity contribution in [1.82, 2.24) is 4.90 Å². The molecule has 0 N–H and O–H groups in total. The molecule has 0 amide bonds. The smallest absolute Gasteiger partial charge is 0.335 e. The van der Waals surface area contributed by atoms with Crippen LogP contribution >= 0.6 is 0 Å². The normalized spacial score (nSPS) is 14.8. The van der Waals surface area contributed by atoms with Gasteiger partial charge in [-0.05, 0) is 61.2 Å². The van der Waals surface area contributed by atoms with Gasteiger partial charge in [0.2, 0.25) is 0 Å². The standard InChI is InChI=1S/C26H32N2O6/c1-3-32-25(26(29)33-4-2)19-20-5-11-24(12-6-20)34-18-17-27-15-13-22(14-16-27)21-7-9-23(10-8-21)28(30)31/h5-13,25H,3-4,14-19H2,1-2H3. The Kier molecular flexibility index (Phi) is 9.61. The highest BCUT2D eigenvalue weighted by Crippen LogP contribution is 2.24. The number of non-ortho nitro benzene ring substituents is 1. The van der Waals surface area contributed by atoms with Crippen molar-refractivity contribution in [3.05, 3.63) is 75.8 Å². The molecule has 182 valence electrons. The topological polar surface area (TPSA) is 91.1 Å². The number of ether oxygens (including phenoxy) is 3. The molecule has 0 aliphatic carbocycles. The van der Waals surface area contributed by atoms with Crippen LogP contribution in [0.25, 0.3) is 5.57 Å². The van der Waals surface area contributed by atoms with Gasteiger partial charge >= 0.3 is 5.97 Å². The van der Waals surface area contributed by atoms with E-state index in [1.54, 1.807) is 19.1 Å². The van der Waals surface area contributed by atoms with Crippen molar-refractivity contribution in [1.29, 1.82) is 0 Å². The van der Waals surface area contributed by atoms with Crippen LogP contribution in [0.2, 0.25) is 0 Å². The number of carbonyl (C=O) groups excluding carboxylic acids is 1. The monoisotopic (exact) mass is 468 g/mol. The molecule has 2 aromatic rings. The fraction of sp³-hybridized carbons (Fsp3) is 0.423. The molecule has 34 heavy (non-hydrogen) atoms. The Hall–Kier alpha value is -3.23. The van der Waals surface area contributed by atoms with Crippen molar-refractivity contribution >= 4 is 17.2 Å². The molecule has 1 unspecified atom stereocenters. The van der Waals surface area contributed by atoms with E-state index in [2.05, 4.69) is 11.0 Å². The van der Waals surface area contributed by atoms with Crippen LogP contribution in [-0.2, 0) is 20.7 Å². The molecule has 0 saturated heterocycles. The zero-order valence-corrected chi connectivity index (χ0v) is 19.8. The summed E-state index contributed by atoms with van der Waals surface area (Å²) in [7, 11) is 0. The minimum absolute atomic E-state index is 0.111. The Balaban J connectivity index is 1.43. The van der Waals surface area contributed by atoms with Gasteiger partial charge in [-0.2, -0.15) is 0 Å². The summed E-state index contributed by atoms with van der Waals surface area (Å²) < 4.78 is 16.5. The molecule has 0 spiro atoms. The van der Waals surface area contributed by atoms with Crippen molar-refractivity contribution in [3.63, 3.8) is 0 Å². The van der Waals surface area contributed by atoms with Crippen LogP contribution in [0.3, 0.4) is 0 Å². The Labute approximate surface area is 200 Å². The lowest BCUT2D eigenvalue weighted by Crippen LogP contribution is -2.32. The third-order valence-corrected chi connectivity index (χ3v) is 5.68. The van der Waals surface area contributed by atoms with Gasteiger partial charge in [0.05, 0.1) is 11.5 Å². The summed E-state index contributed by atoms with van der Waals surface area (Å²) in [6.07, 6.45) is 2.94. The van der Waals surface area contributed by atoms with Gasteiger partial charge in [-0.25, -0.2) is 4.79 Å². The number of carbonyl (C=O) groups is 1. The van der Waals surface area contributed by atoms with E-state index in [1.165, 1.54) is 5.57 Å². The number of benzene rings is 2. The number of esters is 1. The fourth-order valence-corrected chi connectivity index (χ4v) is 3.85. The van der Waals surface area contributed by atoms with Crippen molar-refractivity contribution in [2.24, 2.45) is 0 Å². The molecule has 1 heterocycles. The number of nitro groups is 1. The maximum Gasteiger partial charge on any atom is 0.335 e. The molecule has 1 aliphatic heterocycles. The van der Waals surface area contributed by atoms with Crippen molar-refractivity contribution in [2.75, 3.05) is 39.5 Å². The summed E-state index contributed by atoms with van der Waals surface area (Å²) in [6, 6.07) is 14.4. The average molecular weight is 469 g/mol. The third kappa shape index (κ3) is 7.40. The van der Waals surface area contributed by atoms with E-state index >= 15 is 0 Å². The molecule has 0 fully saturated rings. The summed E-state index contributed by atoms with van der Waals surface area (Å²) in [6.45, 7) is 7.54. The highest BCUT2D eigenvalue weighted by Gasteiger charge is 2.20. The molecule has 0 saturated carbocycles. The maximum absolute atomic E-state index is 12.0. The summed E-state index contributed by atoms with van der Waals surface area (Å²) >= 11 is 0. The first kappa shape index (κ1) is 25.4. The second-order valence-corrected chi connectivity index (χ2v) is 7.98. The van der Waals surface area contributed by atoms with E-state index in [0.29, 0.717) is 26.2 Å².